The minimum Gasteiger partial charge on any atom is -0.328 e. The number of aldehydes is 1. The second kappa shape index (κ2) is 4.34. The Kier molecular flexibility index (Phi) is 2.88. The van der Waals surface area contributed by atoms with Gasteiger partial charge in [0, 0.05) is 17.7 Å². The Bertz CT molecular complexity index is 577. The SMILES string of the molecule is O=Cc1nc(-c2ccc([N+](=O)[O-])cc2)[nH]c1Cl. The fraction of sp³-hybridized carbons (Fsp3) is 0. The average Bonchev–Trinajstić information content (AvgIpc) is 2.70. The normalized spacial score (nSPS) is 10.2. The molecule has 1 aromatic heterocycles. The lowest BCUT2D eigenvalue weighted by atomic mass is 10.2. The van der Waals surface area contributed by atoms with Crippen molar-refractivity contribution in [3.8, 4) is 11.4 Å². The largest absolute Gasteiger partial charge is 0.328 e. The molecule has 0 aliphatic heterocycles. The Morgan fingerprint density at radius 2 is 2.00 bits per heavy atom. The molecule has 2 aromatic rings. The molecule has 6 nitrogen and oxygen atoms in total. The number of H-pyrrole nitrogens is 1. The van der Waals surface area contributed by atoms with Gasteiger partial charge in [0.05, 0.1) is 4.92 Å². The first-order chi connectivity index (χ1) is 8.11. The average molecular weight is 252 g/mol. The maximum atomic E-state index is 10.6. The lowest BCUT2D eigenvalue weighted by Gasteiger charge is -1.95. The van der Waals surface area contributed by atoms with Crippen LogP contribution in [0.25, 0.3) is 11.4 Å². The molecule has 7 heteroatoms. The van der Waals surface area contributed by atoms with E-state index in [0.717, 1.165) is 0 Å². The maximum Gasteiger partial charge on any atom is 0.269 e. The quantitative estimate of drug-likeness (QED) is 0.515. The molecule has 0 saturated heterocycles. The number of carbonyl (C=O) groups is 1. The summed E-state index contributed by atoms with van der Waals surface area (Å²) in [5.41, 5.74) is 0.715. The molecule has 17 heavy (non-hydrogen) atoms. The molecule has 2 rings (SSSR count). The smallest absolute Gasteiger partial charge is 0.269 e. The summed E-state index contributed by atoms with van der Waals surface area (Å²) in [6, 6.07) is 5.77. The number of benzene rings is 1. The van der Waals surface area contributed by atoms with Gasteiger partial charge in [-0.2, -0.15) is 0 Å². The highest BCUT2D eigenvalue weighted by atomic mass is 35.5. The Balaban J connectivity index is 2.39. The van der Waals surface area contributed by atoms with Crippen LogP contribution in [-0.2, 0) is 0 Å². The molecule has 0 bridgehead atoms. The summed E-state index contributed by atoms with van der Waals surface area (Å²) in [6.07, 6.45) is 0.535. The molecule has 0 radical (unpaired) electrons. The number of nitrogens with one attached hydrogen (secondary N) is 1. The van der Waals surface area contributed by atoms with E-state index < -0.39 is 4.92 Å². The molecule has 0 saturated carbocycles. The number of nitrogens with zero attached hydrogens (tertiary/aromatic N) is 2. The van der Waals surface area contributed by atoms with Crippen molar-refractivity contribution in [1.82, 2.24) is 9.97 Å². The first-order valence-corrected chi connectivity index (χ1v) is 4.95. The highest BCUT2D eigenvalue weighted by molar-refractivity contribution is 6.31. The molecule has 1 N–H and O–H groups in total. The molecule has 0 fully saturated rings. The summed E-state index contributed by atoms with van der Waals surface area (Å²) in [4.78, 5) is 27.2. The first-order valence-electron chi connectivity index (χ1n) is 4.57. The third-order valence-corrected chi connectivity index (χ3v) is 2.44. The standard InChI is InChI=1S/C10H6ClN3O3/c11-9-8(5-15)12-10(13-9)6-1-3-7(4-2-6)14(16)17/h1-5H,(H,12,13). The Morgan fingerprint density at radius 1 is 1.35 bits per heavy atom. The monoisotopic (exact) mass is 251 g/mol. The van der Waals surface area contributed by atoms with E-state index in [9.17, 15) is 14.9 Å². The van der Waals surface area contributed by atoms with Crippen molar-refractivity contribution in [3.05, 3.63) is 45.2 Å². The summed E-state index contributed by atoms with van der Waals surface area (Å²) in [5.74, 6) is 0.395. The molecule has 86 valence electrons. The topological polar surface area (TPSA) is 88.9 Å². The van der Waals surface area contributed by atoms with E-state index in [-0.39, 0.29) is 16.5 Å². The summed E-state index contributed by atoms with van der Waals surface area (Å²) in [5, 5.41) is 10.6. The van der Waals surface area contributed by atoms with E-state index >= 15 is 0 Å². The van der Waals surface area contributed by atoms with E-state index in [1.165, 1.54) is 24.3 Å². The molecule has 0 aliphatic rings. The van der Waals surface area contributed by atoms with Crippen molar-refractivity contribution >= 4 is 23.6 Å². The van der Waals surface area contributed by atoms with Gasteiger partial charge in [-0.15, -0.1) is 0 Å². The van der Waals surface area contributed by atoms with Crippen LogP contribution in [0.2, 0.25) is 5.15 Å². The lowest BCUT2D eigenvalue weighted by Crippen LogP contribution is -1.88. The van der Waals surface area contributed by atoms with Gasteiger partial charge in [-0.1, -0.05) is 11.6 Å². The van der Waals surface area contributed by atoms with E-state index in [1.807, 2.05) is 0 Å². The van der Waals surface area contributed by atoms with Crippen LogP contribution >= 0.6 is 11.6 Å². The fourth-order valence-electron chi connectivity index (χ4n) is 1.32. The Labute approximate surface area is 100 Å². The van der Waals surface area contributed by atoms with Gasteiger partial charge in [0.2, 0.25) is 0 Å². The number of hydrogen-bond acceptors (Lipinski definition) is 4. The summed E-state index contributed by atoms with van der Waals surface area (Å²) >= 11 is 5.72. The van der Waals surface area contributed by atoms with Gasteiger partial charge >= 0.3 is 0 Å². The number of hydrogen-bond donors (Lipinski definition) is 1. The molecule has 0 amide bonds. The summed E-state index contributed by atoms with van der Waals surface area (Å²) in [6.45, 7) is 0. The second-order valence-electron chi connectivity index (χ2n) is 3.21. The number of rotatable bonds is 3. The van der Waals surface area contributed by atoms with Gasteiger partial charge in [0.1, 0.15) is 16.7 Å². The van der Waals surface area contributed by atoms with Crippen LogP contribution in [0.4, 0.5) is 5.69 Å². The van der Waals surface area contributed by atoms with Crippen molar-refractivity contribution in [3.63, 3.8) is 0 Å². The van der Waals surface area contributed by atoms with Crippen LogP contribution in [0.1, 0.15) is 10.5 Å². The number of imidazole rings is 1. The predicted molar refractivity (Wildman–Crippen MR) is 61.1 cm³/mol. The summed E-state index contributed by atoms with van der Waals surface area (Å²) in [7, 11) is 0. The van der Waals surface area contributed by atoms with Crippen LogP contribution in [0.15, 0.2) is 24.3 Å². The van der Waals surface area contributed by atoms with Gasteiger partial charge in [-0.25, -0.2) is 4.98 Å². The van der Waals surface area contributed by atoms with Gasteiger partial charge in [0.25, 0.3) is 5.69 Å². The Morgan fingerprint density at radius 3 is 2.47 bits per heavy atom. The number of halogens is 1. The van der Waals surface area contributed by atoms with Crippen molar-refractivity contribution in [1.29, 1.82) is 0 Å². The fourth-order valence-corrected chi connectivity index (χ4v) is 1.50. The van der Waals surface area contributed by atoms with Crippen molar-refractivity contribution in [2.24, 2.45) is 0 Å². The van der Waals surface area contributed by atoms with Crippen molar-refractivity contribution in [2.45, 2.75) is 0 Å². The number of aromatic amines is 1. The number of non-ortho nitro benzene ring substituents is 1. The minimum atomic E-state index is -0.490. The number of carbonyl (C=O) groups excluding carboxylic acids is 1. The zero-order valence-electron chi connectivity index (χ0n) is 8.38. The second-order valence-corrected chi connectivity index (χ2v) is 3.58. The van der Waals surface area contributed by atoms with E-state index in [4.69, 9.17) is 11.6 Å². The summed E-state index contributed by atoms with van der Waals surface area (Å²) < 4.78 is 0. The van der Waals surface area contributed by atoms with Gasteiger partial charge < -0.3 is 4.98 Å². The molecule has 0 atom stereocenters. The van der Waals surface area contributed by atoms with E-state index in [2.05, 4.69) is 9.97 Å². The molecule has 0 spiro atoms. The van der Waals surface area contributed by atoms with Crippen LogP contribution in [0.5, 0.6) is 0 Å². The molecule has 1 aromatic carbocycles. The highest BCUT2D eigenvalue weighted by Crippen LogP contribution is 2.22. The first kappa shape index (κ1) is 11.3. The molecule has 0 unspecified atom stereocenters. The van der Waals surface area contributed by atoms with Crippen molar-refractivity contribution in [2.75, 3.05) is 0 Å². The van der Waals surface area contributed by atoms with E-state index in [1.54, 1.807) is 0 Å². The zero-order chi connectivity index (χ0) is 12.4. The van der Waals surface area contributed by atoms with Gasteiger partial charge in [0.15, 0.2) is 6.29 Å². The third-order valence-electron chi connectivity index (χ3n) is 2.15. The lowest BCUT2D eigenvalue weighted by molar-refractivity contribution is -0.384. The van der Waals surface area contributed by atoms with Crippen LogP contribution in [0, 0.1) is 10.1 Å². The van der Waals surface area contributed by atoms with Crippen molar-refractivity contribution < 1.29 is 9.72 Å². The van der Waals surface area contributed by atoms with Gasteiger partial charge in [-0.3, -0.25) is 14.9 Å². The highest BCUT2D eigenvalue weighted by Gasteiger charge is 2.10. The zero-order valence-corrected chi connectivity index (χ0v) is 9.14. The molecular formula is C10H6ClN3O3. The molecule has 0 aliphatic carbocycles. The maximum absolute atomic E-state index is 10.6. The predicted octanol–water partition coefficient (Wildman–Crippen LogP) is 2.45. The molecule has 1 heterocycles. The minimum absolute atomic E-state index is 0.0120. The van der Waals surface area contributed by atoms with Crippen LogP contribution < -0.4 is 0 Å². The number of nitro benzene ring substituents is 1. The van der Waals surface area contributed by atoms with Crippen LogP contribution in [-0.4, -0.2) is 21.2 Å². The Hall–Kier alpha value is -2.21. The van der Waals surface area contributed by atoms with Gasteiger partial charge in [-0.05, 0) is 12.1 Å². The molecular weight excluding hydrogens is 246 g/mol. The number of nitro groups is 1. The van der Waals surface area contributed by atoms with E-state index in [0.29, 0.717) is 17.7 Å². The number of aromatic nitrogens is 2. The third kappa shape index (κ3) is 2.16. The van der Waals surface area contributed by atoms with Crippen LogP contribution in [0.3, 0.4) is 0 Å².